The molecule has 0 bridgehead atoms. The molecule has 0 aromatic heterocycles. The van der Waals surface area contributed by atoms with Gasteiger partial charge in [0.15, 0.2) is 0 Å². The monoisotopic (exact) mass is 250 g/mol. The Kier molecular flexibility index (Phi) is 3.42. The van der Waals surface area contributed by atoms with Crippen molar-refractivity contribution in [2.24, 2.45) is 0 Å². The molecule has 0 saturated carbocycles. The summed E-state index contributed by atoms with van der Waals surface area (Å²) in [5, 5.41) is 0.432. The number of hydrogen-bond donors (Lipinski definition) is 0. The first kappa shape index (κ1) is 11.1. The van der Waals surface area contributed by atoms with Crippen LogP contribution in [0.2, 0.25) is 5.02 Å². The lowest BCUT2D eigenvalue weighted by molar-refractivity contribution is 0.0945. The van der Waals surface area contributed by atoms with E-state index in [2.05, 4.69) is 0 Å². The second kappa shape index (κ2) is 4.62. The van der Waals surface area contributed by atoms with Crippen LogP contribution in [0, 0.1) is 5.82 Å². The Morgan fingerprint density at radius 2 is 2.33 bits per heavy atom. The van der Waals surface area contributed by atoms with Crippen molar-refractivity contribution in [1.82, 2.24) is 0 Å². The van der Waals surface area contributed by atoms with Gasteiger partial charge in [-0.2, -0.15) is 0 Å². The van der Waals surface area contributed by atoms with Crippen molar-refractivity contribution in [2.45, 2.75) is 12.5 Å². The molecule has 1 heterocycles. The Morgan fingerprint density at radius 3 is 3.07 bits per heavy atom. The third-order valence-electron chi connectivity index (χ3n) is 2.14. The summed E-state index contributed by atoms with van der Waals surface area (Å²) in [6, 6.07) is 4.22. The van der Waals surface area contributed by atoms with Crippen LogP contribution in [0.1, 0.15) is 18.1 Å². The normalized spacial score (nSPS) is 26.5. The molecule has 1 aliphatic rings. The van der Waals surface area contributed by atoms with E-state index in [9.17, 15) is 8.96 Å². The van der Waals surface area contributed by atoms with Crippen molar-refractivity contribution >= 4 is 19.9 Å². The Labute approximate surface area is 92.1 Å². The SMILES string of the molecule is O=[PH]1OCC[C@H](c2cc(Cl)ccc2F)O1. The van der Waals surface area contributed by atoms with Crippen LogP contribution in [0.3, 0.4) is 0 Å². The summed E-state index contributed by atoms with van der Waals surface area (Å²) in [5.74, 6) is -0.402. The van der Waals surface area contributed by atoms with Gasteiger partial charge in [-0.1, -0.05) is 11.6 Å². The second-order valence-corrected chi connectivity index (χ2v) is 4.62. The lowest BCUT2D eigenvalue weighted by Crippen LogP contribution is -2.10. The van der Waals surface area contributed by atoms with Gasteiger partial charge in [0.05, 0.1) is 12.7 Å². The Morgan fingerprint density at radius 1 is 1.53 bits per heavy atom. The molecule has 1 aliphatic heterocycles. The van der Waals surface area contributed by atoms with E-state index in [1.807, 2.05) is 0 Å². The molecule has 3 nitrogen and oxygen atoms in total. The van der Waals surface area contributed by atoms with Crippen LogP contribution in [0.15, 0.2) is 18.2 Å². The minimum atomic E-state index is -2.48. The van der Waals surface area contributed by atoms with Crippen LogP contribution in [0.5, 0.6) is 0 Å². The second-order valence-electron chi connectivity index (χ2n) is 3.16. The fraction of sp³-hybridized carbons (Fsp3) is 0.333. The smallest absolute Gasteiger partial charge is 0.311 e. The molecule has 1 fully saturated rings. The minimum absolute atomic E-state index is 0.314. The fourth-order valence-electron chi connectivity index (χ4n) is 1.44. The first-order valence-corrected chi connectivity index (χ1v) is 6.05. The van der Waals surface area contributed by atoms with E-state index in [0.717, 1.165) is 0 Å². The predicted molar refractivity (Wildman–Crippen MR) is 54.8 cm³/mol. The van der Waals surface area contributed by atoms with Gasteiger partial charge < -0.3 is 9.05 Å². The molecule has 2 rings (SSSR count). The summed E-state index contributed by atoms with van der Waals surface area (Å²) in [6.07, 6.45) is -0.0444. The quantitative estimate of drug-likeness (QED) is 0.717. The van der Waals surface area contributed by atoms with Gasteiger partial charge in [0.25, 0.3) is 0 Å². The number of rotatable bonds is 1. The van der Waals surface area contributed by atoms with Gasteiger partial charge in [0, 0.05) is 17.0 Å². The van der Waals surface area contributed by atoms with Crippen LogP contribution in [0.4, 0.5) is 4.39 Å². The number of halogens is 2. The van der Waals surface area contributed by atoms with E-state index >= 15 is 0 Å². The Bertz CT molecular complexity index is 399. The number of hydrogen-bond acceptors (Lipinski definition) is 3. The van der Waals surface area contributed by atoms with Crippen LogP contribution in [-0.2, 0) is 13.6 Å². The van der Waals surface area contributed by atoms with Gasteiger partial charge >= 0.3 is 8.25 Å². The molecular formula is C9H9ClFO3P. The Balaban J connectivity index is 2.27. The molecule has 15 heavy (non-hydrogen) atoms. The molecule has 6 heteroatoms. The van der Waals surface area contributed by atoms with Crippen molar-refractivity contribution in [2.75, 3.05) is 6.61 Å². The highest BCUT2D eigenvalue weighted by Crippen LogP contribution is 2.41. The van der Waals surface area contributed by atoms with Gasteiger partial charge in [-0.15, -0.1) is 0 Å². The number of benzene rings is 1. The maximum atomic E-state index is 13.4. The maximum absolute atomic E-state index is 13.4. The zero-order valence-corrected chi connectivity index (χ0v) is 9.46. The van der Waals surface area contributed by atoms with Crippen molar-refractivity contribution in [1.29, 1.82) is 0 Å². The van der Waals surface area contributed by atoms with Gasteiger partial charge in [0.2, 0.25) is 0 Å². The third kappa shape index (κ3) is 2.58. The average molecular weight is 251 g/mol. The minimum Gasteiger partial charge on any atom is -0.311 e. The lowest BCUT2D eigenvalue weighted by atomic mass is 10.1. The molecule has 1 aromatic carbocycles. The summed E-state index contributed by atoms with van der Waals surface area (Å²) in [5.41, 5.74) is 0.337. The van der Waals surface area contributed by atoms with E-state index in [-0.39, 0.29) is 0 Å². The highest BCUT2D eigenvalue weighted by molar-refractivity contribution is 7.33. The zero-order valence-electron chi connectivity index (χ0n) is 7.70. The fourth-order valence-corrected chi connectivity index (χ4v) is 2.45. The highest BCUT2D eigenvalue weighted by Gasteiger charge is 2.23. The van der Waals surface area contributed by atoms with E-state index < -0.39 is 20.2 Å². The average Bonchev–Trinajstić information content (AvgIpc) is 2.22. The van der Waals surface area contributed by atoms with E-state index in [1.54, 1.807) is 0 Å². The van der Waals surface area contributed by atoms with Crippen molar-refractivity contribution in [3.8, 4) is 0 Å². The summed E-state index contributed by atoms with van der Waals surface area (Å²) in [6.45, 7) is 0.314. The first-order valence-electron chi connectivity index (χ1n) is 4.45. The van der Waals surface area contributed by atoms with Gasteiger partial charge in [-0.25, -0.2) is 4.39 Å². The maximum Gasteiger partial charge on any atom is 0.319 e. The standard InChI is InChI=1S/C9H9ClFO3P/c10-6-1-2-8(11)7(5-6)9-3-4-13-15(12)14-9/h1-2,5,9,15H,3-4H2/t9-/m1/s1. The molecule has 0 spiro atoms. The predicted octanol–water partition coefficient (Wildman–Crippen LogP) is 3.35. The molecule has 1 aromatic rings. The molecule has 0 aliphatic carbocycles. The van der Waals surface area contributed by atoms with Crippen molar-refractivity contribution in [3.05, 3.63) is 34.6 Å². The third-order valence-corrected chi connectivity index (χ3v) is 3.30. The van der Waals surface area contributed by atoms with Crippen LogP contribution >= 0.6 is 19.9 Å². The summed E-state index contributed by atoms with van der Waals surface area (Å²) < 4.78 is 34.2. The molecule has 0 amide bonds. The molecule has 82 valence electrons. The highest BCUT2D eigenvalue weighted by atomic mass is 35.5. The van der Waals surface area contributed by atoms with Crippen LogP contribution in [-0.4, -0.2) is 6.61 Å². The molecule has 1 saturated heterocycles. The molecular weight excluding hydrogens is 242 g/mol. The summed E-state index contributed by atoms with van der Waals surface area (Å²) in [4.78, 5) is 0. The van der Waals surface area contributed by atoms with Crippen LogP contribution < -0.4 is 0 Å². The van der Waals surface area contributed by atoms with E-state index in [1.165, 1.54) is 18.2 Å². The van der Waals surface area contributed by atoms with E-state index in [0.29, 0.717) is 23.6 Å². The first-order chi connectivity index (χ1) is 7.16. The largest absolute Gasteiger partial charge is 0.319 e. The van der Waals surface area contributed by atoms with Gasteiger partial charge in [-0.05, 0) is 18.2 Å². The molecule has 2 atom stereocenters. The molecule has 0 radical (unpaired) electrons. The van der Waals surface area contributed by atoms with Crippen molar-refractivity contribution in [3.63, 3.8) is 0 Å². The van der Waals surface area contributed by atoms with Gasteiger partial charge in [0.1, 0.15) is 5.82 Å². The molecule has 0 N–H and O–H groups in total. The van der Waals surface area contributed by atoms with E-state index in [4.69, 9.17) is 20.6 Å². The summed E-state index contributed by atoms with van der Waals surface area (Å²) in [7, 11) is -2.48. The lowest BCUT2D eigenvalue weighted by Gasteiger charge is -2.22. The van der Waals surface area contributed by atoms with Crippen molar-refractivity contribution < 1.29 is 18.0 Å². The van der Waals surface area contributed by atoms with Gasteiger partial charge in [-0.3, -0.25) is 4.57 Å². The Hall–Kier alpha value is -0.410. The summed E-state index contributed by atoms with van der Waals surface area (Å²) >= 11 is 5.75. The topological polar surface area (TPSA) is 35.5 Å². The zero-order chi connectivity index (χ0) is 10.8. The molecule has 1 unspecified atom stereocenters. The van der Waals surface area contributed by atoms with Crippen LogP contribution in [0.25, 0.3) is 0 Å².